The predicted molar refractivity (Wildman–Crippen MR) is 92.5 cm³/mol. The highest BCUT2D eigenvalue weighted by Gasteiger charge is 2.30. The highest BCUT2D eigenvalue weighted by atomic mass is 16.4. The number of aliphatic hydroxyl groups excluding tert-OH is 1. The fourth-order valence-corrected chi connectivity index (χ4v) is 3.53. The minimum absolute atomic E-state index is 0.107. The molecule has 1 aromatic carbocycles. The van der Waals surface area contributed by atoms with Crippen LogP contribution in [0.5, 0.6) is 0 Å². The normalized spacial score (nSPS) is 18.8. The van der Waals surface area contributed by atoms with Crippen LogP contribution in [0, 0.1) is 6.92 Å². The molecule has 2 aromatic rings. The standard InChI is InChI=1S/C20H25NO3/c1-15-5-2-6-16(13-15)9-10-20(23)21-11-3-7-17(21)14-18(22)19-8-4-12-24-19/h2,4-6,8,12-13,17-18,22H,3,7,9-11,14H2,1H3. The van der Waals surface area contributed by atoms with Crippen LogP contribution in [0.3, 0.4) is 0 Å². The number of rotatable bonds is 6. The molecule has 2 unspecified atom stereocenters. The summed E-state index contributed by atoms with van der Waals surface area (Å²) in [5.41, 5.74) is 2.43. The summed E-state index contributed by atoms with van der Waals surface area (Å²) in [5.74, 6) is 0.764. The molecule has 24 heavy (non-hydrogen) atoms. The summed E-state index contributed by atoms with van der Waals surface area (Å²) in [4.78, 5) is 14.5. The summed E-state index contributed by atoms with van der Waals surface area (Å²) in [7, 11) is 0. The molecule has 4 heteroatoms. The zero-order valence-electron chi connectivity index (χ0n) is 14.1. The van der Waals surface area contributed by atoms with Crippen LogP contribution >= 0.6 is 0 Å². The summed E-state index contributed by atoms with van der Waals surface area (Å²) in [5, 5.41) is 10.3. The van der Waals surface area contributed by atoms with E-state index in [0.29, 0.717) is 18.6 Å². The molecule has 1 aromatic heterocycles. The van der Waals surface area contributed by atoms with Crippen LogP contribution < -0.4 is 0 Å². The number of hydrogen-bond donors (Lipinski definition) is 1. The van der Waals surface area contributed by atoms with E-state index in [0.717, 1.165) is 25.8 Å². The van der Waals surface area contributed by atoms with E-state index in [1.54, 1.807) is 18.4 Å². The lowest BCUT2D eigenvalue weighted by atomic mass is 10.0. The Morgan fingerprint density at radius 1 is 1.38 bits per heavy atom. The minimum atomic E-state index is -0.643. The van der Waals surface area contributed by atoms with Crippen LogP contribution in [-0.4, -0.2) is 28.5 Å². The van der Waals surface area contributed by atoms with Crippen molar-refractivity contribution in [3.05, 3.63) is 59.5 Å². The second kappa shape index (κ2) is 7.67. The van der Waals surface area contributed by atoms with Gasteiger partial charge in [0.1, 0.15) is 11.9 Å². The van der Waals surface area contributed by atoms with Gasteiger partial charge < -0.3 is 14.4 Å². The third-order valence-electron chi connectivity index (χ3n) is 4.77. The van der Waals surface area contributed by atoms with Gasteiger partial charge in [-0.1, -0.05) is 29.8 Å². The molecule has 2 heterocycles. The molecule has 0 aliphatic carbocycles. The molecule has 2 atom stereocenters. The molecule has 4 nitrogen and oxygen atoms in total. The highest BCUT2D eigenvalue weighted by molar-refractivity contribution is 5.77. The molecule has 0 spiro atoms. The molecular weight excluding hydrogens is 302 g/mol. The Morgan fingerprint density at radius 3 is 3.00 bits per heavy atom. The SMILES string of the molecule is Cc1cccc(CCC(=O)N2CCCC2CC(O)c2ccco2)c1. The maximum atomic E-state index is 12.6. The number of amides is 1. The van der Waals surface area contributed by atoms with E-state index in [1.807, 2.05) is 11.0 Å². The summed E-state index contributed by atoms with van der Waals surface area (Å²) in [6, 6.07) is 12.0. The van der Waals surface area contributed by atoms with Gasteiger partial charge in [-0.25, -0.2) is 0 Å². The number of hydrogen-bond acceptors (Lipinski definition) is 3. The fourth-order valence-electron chi connectivity index (χ4n) is 3.53. The molecule has 0 radical (unpaired) electrons. The van der Waals surface area contributed by atoms with Gasteiger partial charge in [0.15, 0.2) is 0 Å². The molecule has 0 bridgehead atoms. The van der Waals surface area contributed by atoms with Gasteiger partial charge in [0.05, 0.1) is 6.26 Å². The predicted octanol–water partition coefficient (Wildman–Crippen LogP) is 3.64. The Labute approximate surface area is 143 Å². The number of carbonyl (C=O) groups is 1. The smallest absolute Gasteiger partial charge is 0.223 e. The van der Waals surface area contributed by atoms with E-state index in [2.05, 4.69) is 25.1 Å². The zero-order valence-corrected chi connectivity index (χ0v) is 14.1. The lowest BCUT2D eigenvalue weighted by Crippen LogP contribution is -2.36. The van der Waals surface area contributed by atoms with Gasteiger partial charge >= 0.3 is 0 Å². The second-order valence-electron chi connectivity index (χ2n) is 6.64. The Balaban J connectivity index is 1.55. The van der Waals surface area contributed by atoms with Gasteiger partial charge in [-0.05, 0) is 43.9 Å². The number of aryl methyl sites for hydroxylation is 2. The second-order valence-corrected chi connectivity index (χ2v) is 6.64. The van der Waals surface area contributed by atoms with Crippen molar-refractivity contribution in [2.24, 2.45) is 0 Å². The van der Waals surface area contributed by atoms with Crippen molar-refractivity contribution in [2.75, 3.05) is 6.54 Å². The quantitative estimate of drug-likeness (QED) is 0.881. The molecule has 1 amide bonds. The topological polar surface area (TPSA) is 53.7 Å². The molecule has 128 valence electrons. The molecule has 1 fully saturated rings. The number of furan rings is 1. The largest absolute Gasteiger partial charge is 0.467 e. The van der Waals surface area contributed by atoms with Gasteiger partial charge in [-0.2, -0.15) is 0 Å². The number of likely N-dealkylation sites (tertiary alicyclic amines) is 1. The summed E-state index contributed by atoms with van der Waals surface area (Å²) < 4.78 is 5.26. The molecule has 1 N–H and O–H groups in total. The lowest BCUT2D eigenvalue weighted by Gasteiger charge is -2.26. The van der Waals surface area contributed by atoms with Crippen LogP contribution in [0.4, 0.5) is 0 Å². The van der Waals surface area contributed by atoms with Crippen LogP contribution in [-0.2, 0) is 11.2 Å². The van der Waals surface area contributed by atoms with Crippen LogP contribution in [0.25, 0.3) is 0 Å². The minimum Gasteiger partial charge on any atom is -0.467 e. The first-order chi connectivity index (χ1) is 11.6. The lowest BCUT2D eigenvalue weighted by molar-refractivity contribution is -0.132. The molecular formula is C20H25NO3. The third-order valence-corrected chi connectivity index (χ3v) is 4.77. The van der Waals surface area contributed by atoms with Crippen molar-refractivity contribution in [1.29, 1.82) is 0 Å². The van der Waals surface area contributed by atoms with Crippen molar-refractivity contribution in [3.63, 3.8) is 0 Å². The number of carbonyl (C=O) groups excluding carboxylic acids is 1. The molecule has 0 saturated carbocycles. The first-order valence-electron chi connectivity index (χ1n) is 8.70. The first kappa shape index (κ1) is 16.8. The van der Waals surface area contributed by atoms with Gasteiger partial charge in [0.2, 0.25) is 5.91 Å². The highest BCUT2D eigenvalue weighted by Crippen LogP contribution is 2.28. The number of benzene rings is 1. The van der Waals surface area contributed by atoms with Crippen molar-refractivity contribution in [2.45, 2.75) is 51.2 Å². The Bertz CT molecular complexity index is 665. The van der Waals surface area contributed by atoms with Crippen LogP contribution in [0.15, 0.2) is 47.1 Å². The maximum Gasteiger partial charge on any atom is 0.223 e. The first-order valence-corrected chi connectivity index (χ1v) is 8.70. The van der Waals surface area contributed by atoms with Crippen molar-refractivity contribution in [1.82, 2.24) is 4.90 Å². The van der Waals surface area contributed by atoms with E-state index in [9.17, 15) is 9.90 Å². The monoisotopic (exact) mass is 327 g/mol. The fraction of sp³-hybridized carbons (Fsp3) is 0.450. The van der Waals surface area contributed by atoms with Gasteiger partial charge in [0, 0.05) is 25.4 Å². The Hall–Kier alpha value is -2.07. The van der Waals surface area contributed by atoms with E-state index >= 15 is 0 Å². The summed E-state index contributed by atoms with van der Waals surface area (Å²) in [6.45, 7) is 2.86. The summed E-state index contributed by atoms with van der Waals surface area (Å²) >= 11 is 0. The van der Waals surface area contributed by atoms with Gasteiger partial charge in [-0.15, -0.1) is 0 Å². The number of nitrogens with zero attached hydrogens (tertiary/aromatic N) is 1. The Kier molecular flexibility index (Phi) is 5.36. The molecule has 1 saturated heterocycles. The zero-order chi connectivity index (χ0) is 16.9. The van der Waals surface area contributed by atoms with Crippen LogP contribution in [0.1, 0.15) is 48.7 Å². The third kappa shape index (κ3) is 4.06. The van der Waals surface area contributed by atoms with E-state index < -0.39 is 6.10 Å². The van der Waals surface area contributed by atoms with E-state index in [-0.39, 0.29) is 11.9 Å². The Morgan fingerprint density at radius 2 is 2.25 bits per heavy atom. The van der Waals surface area contributed by atoms with Crippen molar-refractivity contribution >= 4 is 5.91 Å². The average Bonchev–Trinajstić information content (AvgIpc) is 3.24. The van der Waals surface area contributed by atoms with Crippen molar-refractivity contribution in [3.8, 4) is 0 Å². The van der Waals surface area contributed by atoms with E-state index in [1.165, 1.54) is 11.1 Å². The molecule has 1 aliphatic rings. The summed E-state index contributed by atoms with van der Waals surface area (Å²) in [6.07, 6.45) is 4.72. The molecule has 1 aliphatic heterocycles. The maximum absolute atomic E-state index is 12.6. The van der Waals surface area contributed by atoms with Gasteiger partial charge in [-0.3, -0.25) is 4.79 Å². The van der Waals surface area contributed by atoms with Gasteiger partial charge in [0.25, 0.3) is 0 Å². The van der Waals surface area contributed by atoms with Crippen LogP contribution in [0.2, 0.25) is 0 Å². The average molecular weight is 327 g/mol. The number of aliphatic hydroxyl groups is 1. The van der Waals surface area contributed by atoms with E-state index in [4.69, 9.17) is 4.42 Å². The molecule has 3 rings (SSSR count). The van der Waals surface area contributed by atoms with Crippen molar-refractivity contribution < 1.29 is 14.3 Å².